The highest BCUT2D eigenvalue weighted by Crippen LogP contribution is 2.24. The number of phenolic OH excluding ortho intramolecular Hbond substituents is 1. The SMILES string of the molecule is CS(=O)(=O)c1ncc2cc(C(=O)Nc3cc(C(=O)NCCCc4cccc(O)c4)ccc3Cl)c(=O)[nH]c2n1. The molecule has 0 radical (unpaired) electrons. The van der Waals surface area contributed by atoms with E-state index in [-0.39, 0.29) is 44.5 Å². The first-order valence-electron chi connectivity index (χ1n) is 11.3. The largest absolute Gasteiger partial charge is 0.508 e. The normalized spacial score (nSPS) is 11.3. The maximum atomic E-state index is 12.9. The first-order chi connectivity index (χ1) is 18.0. The first-order valence-corrected chi connectivity index (χ1v) is 13.6. The Kier molecular flexibility index (Phi) is 7.74. The van der Waals surface area contributed by atoms with E-state index in [4.69, 9.17) is 11.6 Å². The number of anilines is 1. The molecule has 2 aromatic carbocycles. The number of benzene rings is 2. The van der Waals surface area contributed by atoms with Crippen molar-refractivity contribution in [3.8, 4) is 5.75 Å². The Morgan fingerprint density at radius 2 is 1.89 bits per heavy atom. The number of fused-ring (bicyclic) bond motifs is 1. The van der Waals surface area contributed by atoms with Gasteiger partial charge in [0.2, 0.25) is 15.0 Å². The lowest BCUT2D eigenvalue weighted by molar-refractivity contribution is 0.0951. The van der Waals surface area contributed by atoms with Crippen LogP contribution in [0.1, 0.15) is 32.7 Å². The number of aromatic hydroxyl groups is 1. The number of H-pyrrole nitrogens is 1. The van der Waals surface area contributed by atoms with E-state index in [1.165, 1.54) is 30.5 Å². The van der Waals surface area contributed by atoms with Gasteiger partial charge in [-0.25, -0.2) is 18.4 Å². The highest BCUT2D eigenvalue weighted by atomic mass is 35.5. The molecule has 0 aliphatic carbocycles. The van der Waals surface area contributed by atoms with Crippen molar-refractivity contribution >= 4 is 50.0 Å². The lowest BCUT2D eigenvalue weighted by atomic mass is 10.1. The number of aromatic amines is 1. The van der Waals surface area contributed by atoms with Crippen LogP contribution in [0.15, 0.2) is 64.7 Å². The molecule has 38 heavy (non-hydrogen) atoms. The Balaban J connectivity index is 1.45. The molecular weight excluding hydrogens is 534 g/mol. The molecule has 2 heterocycles. The van der Waals surface area contributed by atoms with Crippen molar-refractivity contribution in [2.45, 2.75) is 18.0 Å². The number of hydrogen-bond donors (Lipinski definition) is 4. The molecule has 2 aromatic heterocycles. The Morgan fingerprint density at radius 3 is 2.63 bits per heavy atom. The van der Waals surface area contributed by atoms with Crippen molar-refractivity contribution in [3.63, 3.8) is 0 Å². The van der Waals surface area contributed by atoms with Gasteiger partial charge >= 0.3 is 0 Å². The Morgan fingerprint density at radius 1 is 1.11 bits per heavy atom. The summed E-state index contributed by atoms with van der Waals surface area (Å²) in [4.78, 5) is 48.0. The molecule has 4 N–H and O–H groups in total. The molecule has 0 spiro atoms. The second kappa shape index (κ2) is 11.0. The molecule has 0 aliphatic heterocycles. The smallest absolute Gasteiger partial charge is 0.262 e. The molecule has 4 aromatic rings. The molecule has 0 saturated carbocycles. The maximum absolute atomic E-state index is 12.9. The number of pyridine rings is 1. The van der Waals surface area contributed by atoms with Crippen molar-refractivity contribution in [1.82, 2.24) is 20.3 Å². The molecule has 0 bridgehead atoms. The average Bonchev–Trinajstić information content (AvgIpc) is 2.86. The van der Waals surface area contributed by atoms with Crippen LogP contribution in [-0.4, -0.2) is 53.1 Å². The number of rotatable bonds is 8. The molecule has 0 saturated heterocycles. The quantitative estimate of drug-likeness (QED) is 0.190. The van der Waals surface area contributed by atoms with Crippen molar-refractivity contribution in [1.29, 1.82) is 0 Å². The van der Waals surface area contributed by atoms with Gasteiger partial charge < -0.3 is 20.7 Å². The van der Waals surface area contributed by atoms with Crippen molar-refractivity contribution in [2.24, 2.45) is 0 Å². The molecule has 0 unspecified atom stereocenters. The van der Waals surface area contributed by atoms with Crippen LogP contribution < -0.4 is 16.2 Å². The molecule has 196 valence electrons. The van der Waals surface area contributed by atoms with Gasteiger partial charge in [0.15, 0.2) is 0 Å². The minimum Gasteiger partial charge on any atom is -0.508 e. The van der Waals surface area contributed by atoms with Gasteiger partial charge in [-0.2, -0.15) is 0 Å². The van der Waals surface area contributed by atoms with E-state index in [9.17, 15) is 27.9 Å². The number of carbonyl (C=O) groups is 2. The fourth-order valence-electron chi connectivity index (χ4n) is 3.58. The highest BCUT2D eigenvalue weighted by Gasteiger charge is 2.18. The van der Waals surface area contributed by atoms with Gasteiger partial charge in [0.05, 0.1) is 10.7 Å². The summed E-state index contributed by atoms with van der Waals surface area (Å²) in [6, 6.07) is 12.5. The summed E-state index contributed by atoms with van der Waals surface area (Å²) in [5.41, 5.74) is 0.184. The molecular formula is C25H22ClN5O6S. The predicted octanol–water partition coefficient (Wildman–Crippen LogP) is 2.70. The minimum atomic E-state index is -3.69. The van der Waals surface area contributed by atoms with Gasteiger partial charge in [-0.1, -0.05) is 23.7 Å². The van der Waals surface area contributed by atoms with Crippen LogP contribution in [-0.2, 0) is 16.3 Å². The van der Waals surface area contributed by atoms with Crippen LogP contribution in [0.4, 0.5) is 5.69 Å². The third kappa shape index (κ3) is 6.33. The second-order valence-corrected chi connectivity index (χ2v) is 10.7. The fourth-order valence-corrected chi connectivity index (χ4v) is 4.25. The van der Waals surface area contributed by atoms with Crippen LogP contribution in [0.3, 0.4) is 0 Å². The van der Waals surface area contributed by atoms with Crippen molar-refractivity contribution < 1.29 is 23.1 Å². The van der Waals surface area contributed by atoms with Crippen LogP contribution in [0.2, 0.25) is 5.02 Å². The Hall–Kier alpha value is -4.29. The summed E-state index contributed by atoms with van der Waals surface area (Å²) >= 11 is 6.21. The molecule has 0 atom stereocenters. The number of nitrogens with zero attached hydrogens (tertiary/aromatic N) is 2. The lowest BCUT2D eigenvalue weighted by Crippen LogP contribution is -2.26. The Labute approximate surface area is 221 Å². The van der Waals surface area contributed by atoms with Crippen molar-refractivity contribution in [2.75, 3.05) is 18.1 Å². The zero-order valence-corrected chi connectivity index (χ0v) is 21.6. The molecule has 4 rings (SSSR count). The number of halogens is 1. The highest BCUT2D eigenvalue weighted by molar-refractivity contribution is 7.90. The van der Waals surface area contributed by atoms with Gasteiger partial charge in [-0.15, -0.1) is 0 Å². The molecule has 0 fully saturated rings. The van der Waals surface area contributed by atoms with E-state index in [1.54, 1.807) is 18.2 Å². The van der Waals surface area contributed by atoms with E-state index in [2.05, 4.69) is 25.6 Å². The summed E-state index contributed by atoms with van der Waals surface area (Å²) in [5, 5.41) is 14.8. The maximum Gasteiger partial charge on any atom is 0.262 e. The van der Waals surface area contributed by atoms with E-state index in [1.807, 2.05) is 6.07 Å². The number of carbonyl (C=O) groups excluding carboxylic acids is 2. The van der Waals surface area contributed by atoms with Crippen LogP contribution in [0.25, 0.3) is 11.0 Å². The fraction of sp³-hybridized carbons (Fsp3) is 0.160. The summed E-state index contributed by atoms with van der Waals surface area (Å²) in [7, 11) is -3.69. The molecule has 0 aliphatic rings. The average molecular weight is 556 g/mol. The summed E-state index contributed by atoms with van der Waals surface area (Å²) in [5.74, 6) is -0.997. The van der Waals surface area contributed by atoms with Crippen LogP contribution >= 0.6 is 11.6 Å². The van der Waals surface area contributed by atoms with Crippen LogP contribution in [0.5, 0.6) is 5.75 Å². The lowest BCUT2D eigenvalue weighted by Gasteiger charge is -2.10. The zero-order chi connectivity index (χ0) is 27.4. The van der Waals surface area contributed by atoms with Crippen LogP contribution in [0, 0.1) is 0 Å². The number of nitrogens with one attached hydrogen (secondary N) is 3. The number of sulfone groups is 1. The summed E-state index contributed by atoms with van der Waals surface area (Å²) in [6.07, 6.45) is 3.43. The third-order valence-corrected chi connectivity index (χ3v) is 6.65. The second-order valence-electron chi connectivity index (χ2n) is 8.42. The van der Waals surface area contributed by atoms with E-state index in [0.29, 0.717) is 19.4 Å². The van der Waals surface area contributed by atoms with Gasteiger partial charge in [-0.05, 0) is 54.8 Å². The standard InChI is InChI=1S/C25H22ClN5O6S/c1-38(36,37)25-28-13-16-11-18(24(35)30-21(16)31-25)23(34)29-20-12-15(7-8-19(20)26)22(33)27-9-3-5-14-4-2-6-17(32)10-14/h2,4,6-8,10-13,32H,3,5,9H2,1H3,(H,27,33)(H,29,34)(H,28,30,31,35). The van der Waals surface area contributed by atoms with E-state index >= 15 is 0 Å². The molecule has 2 amide bonds. The zero-order valence-electron chi connectivity index (χ0n) is 20.0. The summed E-state index contributed by atoms with van der Waals surface area (Å²) in [6.45, 7) is 0.383. The van der Waals surface area contributed by atoms with E-state index in [0.717, 1.165) is 11.8 Å². The minimum absolute atomic E-state index is 0.0391. The molecule has 13 heteroatoms. The third-order valence-electron chi connectivity index (χ3n) is 5.46. The monoisotopic (exact) mass is 555 g/mol. The predicted molar refractivity (Wildman–Crippen MR) is 141 cm³/mol. The summed E-state index contributed by atoms with van der Waals surface area (Å²) < 4.78 is 23.3. The number of hydrogen-bond acceptors (Lipinski definition) is 8. The molecule has 11 nitrogen and oxygen atoms in total. The van der Waals surface area contributed by atoms with E-state index < -0.39 is 26.5 Å². The van der Waals surface area contributed by atoms with Gasteiger partial charge in [0, 0.05) is 29.9 Å². The number of aromatic nitrogens is 3. The number of amides is 2. The number of aryl methyl sites for hydroxylation is 1. The van der Waals surface area contributed by atoms with Gasteiger partial charge in [0.1, 0.15) is 17.0 Å². The number of phenols is 1. The first kappa shape index (κ1) is 26.8. The van der Waals surface area contributed by atoms with Gasteiger partial charge in [0.25, 0.3) is 17.4 Å². The van der Waals surface area contributed by atoms with Crippen molar-refractivity contribution in [3.05, 3.63) is 86.8 Å². The topological polar surface area (TPSA) is 171 Å². The Bertz CT molecular complexity index is 1720. The van der Waals surface area contributed by atoms with Gasteiger partial charge in [-0.3, -0.25) is 14.4 Å².